The van der Waals surface area contributed by atoms with Gasteiger partial charge in [-0.05, 0) is 39.3 Å². The SMILES string of the molecule is Cc1ccc(C(=O)CCC(C)(C)N)cn1. The zero-order valence-corrected chi connectivity index (χ0v) is 9.58. The highest BCUT2D eigenvalue weighted by molar-refractivity contribution is 5.95. The number of hydrogen-bond acceptors (Lipinski definition) is 3. The van der Waals surface area contributed by atoms with Gasteiger partial charge in [0.1, 0.15) is 0 Å². The highest BCUT2D eigenvalue weighted by atomic mass is 16.1. The summed E-state index contributed by atoms with van der Waals surface area (Å²) in [5, 5.41) is 0. The first-order valence-electron chi connectivity index (χ1n) is 5.13. The molecule has 0 bridgehead atoms. The van der Waals surface area contributed by atoms with E-state index in [1.54, 1.807) is 6.20 Å². The van der Waals surface area contributed by atoms with Gasteiger partial charge in [-0.15, -0.1) is 0 Å². The number of carbonyl (C=O) groups is 1. The molecule has 0 fully saturated rings. The molecule has 0 unspecified atom stereocenters. The fraction of sp³-hybridized carbons (Fsp3) is 0.500. The quantitative estimate of drug-likeness (QED) is 0.767. The van der Waals surface area contributed by atoms with Gasteiger partial charge >= 0.3 is 0 Å². The van der Waals surface area contributed by atoms with Gasteiger partial charge in [-0.2, -0.15) is 0 Å². The van der Waals surface area contributed by atoms with E-state index in [0.29, 0.717) is 18.4 Å². The maximum Gasteiger partial charge on any atom is 0.164 e. The monoisotopic (exact) mass is 206 g/mol. The second kappa shape index (κ2) is 4.53. The smallest absolute Gasteiger partial charge is 0.164 e. The van der Waals surface area contributed by atoms with Crippen molar-refractivity contribution in [3.05, 3.63) is 29.6 Å². The normalized spacial score (nSPS) is 11.5. The third-order valence-electron chi connectivity index (χ3n) is 2.23. The first kappa shape index (κ1) is 11.9. The fourth-order valence-electron chi connectivity index (χ4n) is 1.21. The van der Waals surface area contributed by atoms with Gasteiger partial charge in [0.15, 0.2) is 5.78 Å². The molecule has 1 heterocycles. The van der Waals surface area contributed by atoms with Crippen molar-refractivity contribution in [1.29, 1.82) is 0 Å². The summed E-state index contributed by atoms with van der Waals surface area (Å²) in [5.74, 6) is 0.112. The van der Waals surface area contributed by atoms with Crippen molar-refractivity contribution in [1.82, 2.24) is 4.98 Å². The second-order valence-electron chi connectivity index (χ2n) is 4.60. The lowest BCUT2D eigenvalue weighted by atomic mass is 9.96. The first-order valence-corrected chi connectivity index (χ1v) is 5.13. The van der Waals surface area contributed by atoms with Crippen LogP contribution in [0.4, 0.5) is 0 Å². The fourth-order valence-corrected chi connectivity index (χ4v) is 1.21. The Kier molecular flexibility index (Phi) is 3.58. The molecule has 0 spiro atoms. The molecular weight excluding hydrogens is 188 g/mol. The predicted octanol–water partition coefficient (Wildman–Crippen LogP) is 2.09. The molecule has 0 saturated heterocycles. The van der Waals surface area contributed by atoms with Crippen LogP contribution in [-0.4, -0.2) is 16.3 Å². The van der Waals surface area contributed by atoms with Crippen LogP contribution >= 0.6 is 0 Å². The summed E-state index contributed by atoms with van der Waals surface area (Å²) < 4.78 is 0. The molecule has 1 aromatic heterocycles. The molecule has 0 aliphatic heterocycles. The van der Waals surface area contributed by atoms with Crippen LogP contribution in [0.3, 0.4) is 0 Å². The lowest BCUT2D eigenvalue weighted by Gasteiger charge is -2.17. The second-order valence-corrected chi connectivity index (χ2v) is 4.60. The van der Waals surface area contributed by atoms with Gasteiger partial charge in [-0.3, -0.25) is 9.78 Å². The van der Waals surface area contributed by atoms with Crippen LogP contribution < -0.4 is 5.73 Å². The van der Waals surface area contributed by atoms with Crippen LogP contribution in [0, 0.1) is 6.92 Å². The van der Waals surface area contributed by atoms with Gasteiger partial charge < -0.3 is 5.73 Å². The minimum Gasteiger partial charge on any atom is -0.326 e. The summed E-state index contributed by atoms with van der Waals surface area (Å²) >= 11 is 0. The van der Waals surface area contributed by atoms with E-state index >= 15 is 0 Å². The minimum atomic E-state index is -0.284. The van der Waals surface area contributed by atoms with Crippen molar-refractivity contribution in [2.45, 2.75) is 39.2 Å². The van der Waals surface area contributed by atoms with Crippen LogP contribution in [-0.2, 0) is 0 Å². The van der Waals surface area contributed by atoms with Gasteiger partial charge in [-0.1, -0.05) is 0 Å². The van der Waals surface area contributed by atoms with E-state index < -0.39 is 0 Å². The average Bonchev–Trinajstić information content (AvgIpc) is 2.14. The van der Waals surface area contributed by atoms with Crippen LogP contribution in [0.2, 0.25) is 0 Å². The zero-order chi connectivity index (χ0) is 11.5. The molecule has 0 saturated carbocycles. The molecule has 1 rings (SSSR count). The molecule has 82 valence electrons. The van der Waals surface area contributed by atoms with Gasteiger partial charge in [0.2, 0.25) is 0 Å². The average molecular weight is 206 g/mol. The molecular formula is C12H18N2O. The van der Waals surface area contributed by atoms with E-state index in [1.165, 1.54) is 0 Å². The maximum atomic E-state index is 11.7. The molecule has 0 amide bonds. The number of hydrogen-bond donors (Lipinski definition) is 1. The number of aromatic nitrogens is 1. The Morgan fingerprint density at radius 2 is 2.13 bits per heavy atom. The van der Waals surface area contributed by atoms with E-state index in [2.05, 4.69) is 4.98 Å². The third-order valence-corrected chi connectivity index (χ3v) is 2.23. The topological polar surface area (TPSA) is 56.0 Å². The van der Waals surface area contributed by atoms with Crippen LogP contribution in [0.5, 0.6) is 0 Å². The van der Waals surface area contributed by atoms with Crippen LogP contribution in [0.25, 0.3) is 0 Å². The van der Waals surface area contributed by atoms with Crippen molar-refractivity contribution in [2.75, 3.05) is 0 Å². The van der Waals surface area contributed by atoms with Crippen LogP contribution in [0.15, 0.2) is 18.3 Å². The Morgan fingerprint density at radius 1 is 1.47 bits per heavy atom. The number of aryl methyl sites for hydroxylation is 1. The number of carbonyl (C=O) groups excluding carboxylic acids is 1. The number of ketones is 1. The Bertz CT molecular complexity index is 336. The first-order chi connectivity index (χ1) is 6.88. The largest absolute Gasteiger partial charge is 0.326 e. The van der Waals surface area contributed by atoms with E-state index in [0.717, 1.165) is 5.69 Å². The number of pyridine rings is 1. The summed E-state index contributed by atoms with van der Waals surface area (Å²) in [7, 11) is 0. The molecule has 0 aliphatic rings. The van der Waals surface area contributed by atoms with Gasteiger partial charge in [-0.25, -0.2) is 0 Å². The van der Waals surface area contributed by atoms with Crippen molar-refractivity contribution < 1.29 is 4.79 Å². The molecule has 3 heteroatoms. The lowest BCUT2D eigenvalue weighted by molar-refractivity contribution is 0.0972. The Balaban J connectivity index is 2.58. The van der Waals surface area contributed by atoms with Gasteiger partial charge in [0.25, 0.3) is 0 Å². The summed E-state index contributed by atoms with van der Waals surface area (Å²) in [5.41, 5.74) is 7.13. The number of nitrogens with zero attached hydrogens (tertiary/aromatic N) is 1. The highest BCUT2D eigenvalue weighted by Crippen LogP contribution is 2.11. The maximum absolute atomic E-state index is 11.7. The molecule has 0 radical (unpaired) electrons. The van der Waals surface area contributed by atoms with Crippen molar-refractivity contribution in [3.63, 3.8) is 0 Å². The zero-order valence-electron chi connectivity index (χ0n) is 9.58. The minimum absolute atomic E-state index is 0.112. The third kappa shape index (κ3) is 4.21. The summed E-state index contributed by atoms with van der Waals surface area (Å²) in [6.07, 6.45) is 2.80. The molecule has 0 aliphatic carbocycles. The molecule has 0 atom stereocenters. The van der Waals surface area contributed by atoms with E-state index in [4.69, 9.17) is 5.73 Å². The lowest BCUT2D eigenvalue weighted by Crippen LogP contribution is -2.32. The molecule has 3 nitrogen and oxygen atoms in total. The van der Waals surface area contributed by atoms with E-state index in [-0.39, 0.29) is 11.3 Å². The Labute approximate surface area is 90.7 Å². The standard InChI is InChI=1S/C12H18N2O/c1-9-4-5-10(8-14-9)11(15)6-7-12(2,3)13/h4-5,8H,6-7,13H2,1-3H3. The summed E-state index contributed by atoms with van der Waals surface area (Å²) in [4.78, 5) is 15.8. The summed E-state index contributed by atoms with van der Waals surface area (Å²) in [6, 6.07) is 3.66. The van der Waals surface area contributed by atoms with E-state index in [9.17, 15) is 4.79 Å². The predicted molar refractivity (Wildman–Crippen MR) is 60.8 cm³/mol. The number of rotatable bonds is 4. The van der Waals surface area contributed by atoms with E-state index in [1.807, 2.05) is 32.9 Å². The summed E-state index contributed by atoms with van der Waals surface area (Å²) in [6.45, 7) is 5.75. The Morgan fingerprint density at radius 3 is 2.60 bits per heavy atom. The molecule has 0 aromatic carbocycles. The Hall–Kier alpha value is -1.22. The van der Waals surface area contributed by atoms with Crippen molar-refractivity contribution in [2.24, 2.45) is 5.73 Å². The van der Waals surface area contributed by atoms with Crippen LogP contribution in [0.1, 0.15) is 42.7 Å². The van der Waals surface area contributed by atoms with Gasteiger partial charge in [0, 0.05) is 29.4 Å². The number of Topliss-reactive ketones (excluding diaryl/α,β-unsaturated/α-hetero) is 1. The molecule has 2 N–H and O–H groups in total. The molecule has 1 aromatic rings. The number of nitrogens with two attached hydrogens (primary N) is 1. The van der Waals surface area contributed by atoms with Gasteiger partial charge in [0.05, 0.1) is 0 Å². The highest BCUT2D eigenvalue weighted by Gasteiger charge is 2.14. The van der Waals surface area contributed by atoms with Crippen molar-refractivity contribution in [3.8, 4) is 0 Å². The van der Waals surface area contributed by atoms with Crippen molar-refractivity contribution >= 4 is 5.78 Å². The molecule has 15 heavy (non-hydrogen) atoms.